The van der Waals surface area contributed by atoms with E-state index in [0.717, 1.165) is 44.4 Å². The Morgan fingerprint density at radius 1 is 1.00 bits per heavy atom. The largest absolute Gasteiger partial charge is 0.481 e. The molecule has 0 aromatic rings. The summed E-state index contributed by atoms with van der Waals surface area (Å²) in [5.41, 5.74) is 0.298. The van der Waals surface area contributed by atoms with Crippen LogP contribution in [0.1, 0.15) is 106 Å². The highest BCUT2D eigenvalue weighted by Gasteiger charge is 2.43. The highest BCUT2D eigenvalue weighted by molar-refractivity contribution is 5.81. The van der Waals surface area contributed by atoms with Gasteiger partial charge in [0.15, 0.2) is 0 Å². The molecule has 8 unspecified atom stereocenters. The van der Waals surface area contributed by atoms with E-state index in [1.807, 2.05) is 6.92 Å². The van der Waals surface area contributed by atoms with Gasteiger partial charge in [-0.15, -0.1) is 0 Å². The van der Waals surface area contributed by atoms with Crippen LogP contribution in [0.2, 0.25) is 0 Å². The molecule has 4 nitrogen and oxygen atoms in total. The summed E-state index contributed by atoms with van der Waals surface area (Å²) >= 11 is 0. The van der Waals surface area contributed by atoms with Crippen molar-refractivity contribution in [2.75, 3.05) is 0 Å². The maximum atomic E-state index is 13.3. The first-order chi connectivity index (χ1) is 14.4. The second-order valence-corrected chi connectivity index (χ2v) is 12.4. The molecule has 0 spiro atoms. The van der Waals surface area contributed by atoms with Crippen molar-refractivity contribution in [2.45, 2.75) is 112 Å². The van der Waals surface area contributed by atoms with Gasteiger partial charge in [-0.1, -0.05) is 61.3 Å². The molecule has 1 N–H and O–H groups in total. The molecule has 2 saturated carbocycles. The molecule has 8 atom stereocenters. The Bertz CT molecular complexity index is 593. The van der Waals surface area contributed by atoms with Crippen LogP contribution < -0.4 is 0 Å². The van der Waals surface area contributed by atoms with Crippen LogP contribution in [0.25, 0.3) is 0 Å². The van der Waals surface area contributed by atoms with E-state index in [4.69, 9.17) is 4.74 Å². The molecular weight excluding hydrogens is 388 g/mol. The fourth-order valence-corrected chi connectivity index (χ4v) is 6.53. The number of hydrogen-bond acceptors (Lipinski definition) is 3. The van der Waals surface area contributed by atoms with Gasteiger partial charge in [-0.25, -0.2) is 0 Å². The Balaban J connectivity index is 2.11. The standard InChI is InChI=1S/C27H48O4/c1-17-11-13-21(20(4)15-17)23(14-12-18(2)16-27(5,6)7)31-26(30)22-10-8-9-19(3)24(22)25(28)29/h17-24H,8-16H2,1-7H3,(H,28,29). The topological polar surface area (TPSA) is 63.6 Å². The zero-order chi connectivity index (χ0) is 23.3. The minimum atomic E-state index is -0.843. The maximum Gasteiger partial charge on any atom is 0.310 e. The van der Waals surface area contributed by atoms with Crippen molar-refractivity contribution < 1.29 is 19.4 Å². The van der Waals surface area contributed by atoms with Crippen LogP contribution in [0.15, 0.2) is 0 Å². The third-order valence-corrected chi connectivity index (χ3v) is 7.96. The van der Waals surface area contributed by atoms with Crippen molar-refractivity contribution in [1.82, 2.24) is 0 Å². The number of carboxylic acid groups (broad SMARTS) is 1. The Labute approximate surface area is 190 Å². The van der Waals surface area contributed by atoms with E-state index in [0.29, 0.717) is 29.6 Å². The van der Waals surface area contributed by atoms with E-state index < -0.39 is 17.8 Å². The molecular formula is C27H48O4. The highest BCUT2D eigenvalue weighted by Crippen LogP contribution is 2.41. The number of esters is 1. The van der Waals surface area contributed by atoms with Crippen molar-refractivity contribution in [3.05, 3.63) is 0 Å². The van der Waals surface area contributed by atoms with Crippen LogP contribution in [0, 0.1) is 46.8 Å². The summed E-state index contributed by atoms with van der Waals surface area (Å²) in [6.07, 6.45) is 8.95. The lowest BCUT2D eigenvalue weighted by Crippen LogP contribution is -2.42. The first-order valence-electron chi connectivity index (χ1n) is 12.8. The molecule has 2 rings (SSSR count). The van der Waals surface area contributed by atoms with E-state index in [9.17, 15) is 14.7 Å². The molecule has 2 aliphatic rings. The predicted octanol–water partition coefficient (Wildman–Crippen LogP) is 6.96. The lowest BCUT2D eigenvalue weighted by molar-refractivity contribution is -0.170. The van der Waals surface area contributed by atoms with E-state index in [1.54, 1.807) is 0 Å². The van der Waals surface area contributed by atoms with E-state index in [1.165, 1.54) is 12.8 Å². The summed E-state index contributed by atoms with van der Waals surface area (Å²) < 4.78 is 6.24. The summed E-state index contributed by atoms with van der Waals surface area (Å²) in [5, 5.41) is 9.76. The average molecular weight is 437 g/mol. The number of rotatable bonds is 8. The Morgan fingerprint density at radius 2 is 1.68 bits per heavy atom. The van der Waals surface area contributed by atoms with E-state index >= 15 is 0 Å². The first kappa shape index (κ1) is 26.2. The second kappa shape index (κ2) is 11.2. The average Bonchev–Trinajstić information content (AvgIpc) is 2.63. The Kier molecular flexibility index (Phi) is 9.45. The van der Waals surface area contributed by atoms with E-state index in [-0.39, 0.29) is 18.0 Å². The van der Waals surface area contributed by atoms with Crippen LogP contribution in [-0.4, -0.2) is 23.1 Å². The second-order valence-electron chi connectivity index (χ2n) is 12.4. The van der Waals surface area contributed by atoms with Crippen LogP contribution in [0.3, 0.4) is 0 Å². The summed E-state index contributed by atoms with van der Waals surface area (Å²) in [5.74, 6) is 0.0926. The molecule has 180 valence electrons. The summed E-state index contributed by atoms with van der Waals surface area (Å²) in [7, 11) is 0. The molecule has 0 aromatic heterocycles. The zero-order valence-electron chi connectivity index (χ0n) is 21.2. The van der Waals surface area contributed by atoms with Crippen LogP contribution >= 0.6 is 0 Å². The van der Waals surface area contributed by atoms with Gasteiger partial charge in [0, 0.05) is 0 Å². The van der Waals surface area contributed by atoms with Crippen molar-refractivity contribution in [2.24, 2.45) is 46.8 Å². The number of carbonyl (C=O) groups excluding carboxylic acids is 1. The van der Waals surface area contributed by atoms with Gasteiger partial charge in [0.2, 0.25) is 0 Å². The lowest BCUT2D eigenvalue weighted by Gasteiger charge is -2.39. The number of carbonyl (C=O) groups is 2. The number of aliphatic carboxylic acids is 1. The minimum Gasteiger partial charge on any atom is -0.481 e. The van der Waals surface area contributed by atoms with Crippen molar-refractivity contribution in [3.63, 3.8) is 0 Å². The molecule has 0 amide bonds. The molecule has 0 bridgehead atoms. The van der Waals surface area contributed by atoms with Crippen molar-refractivity contribution in [1.29, 1.82) is 0 Å². The van der Waals surface area contributed by atoms with Gasteiger partial charge in [-0.2, -0.15) is 0 Å². The molecule has 0 aromatic carbocycles. The van der Waals surface area contributed by atoms with Gasteiger partial charge in [-0.05, 0) is 80.0 Å². The van der Waals surface area contributed by atoms with Gasteiger partial charge in [0.05, 0.1) is 11.8 Å². The fourth-order valence-electron chi connectivity index (χ4n) is 6.53. The van der Waals surface area contributed by atoms with Gasteiger partial charge in [0.25, 0.3) is 0 Å². The third kappa shape index (κ3) is 7.79. The molecule has 0 heterocycles. The smallest absolute Gasteiger partial charge is 0.310 e. The first-order valence-corrected chi connectivity index (χ1v) is 12.8. The summed E-state index contributed by atoms with van der Waals surface area (Å²) in [6.45, 7) is 15.7. The summed E-state index contributed by atoms with van der Waals surface area (Å²) in [6, 6.07) is 0. The third-order valence-electron chi connectivity index (χ3n) is 7.96. The zero-order valence-corrected chi connectivity index (χ0v) is 21.2. The van der Waals surface area contributed by atoms with Crippen LogP contribution in [0.4, 0.5) is 0 Å². The fraction of sp³-hybridized carbons (Fsp3) is 0.926. The Hall–Kier alpha value is -1.06. The minimum absolute atomic E-state index is 0.0310. The van der Waals surface area contributed by atoms with Gasteiger partial charge in [-0.3, -0.25) is 9.59 Å². The number of hydrogen-bond donors (Lipinski definition) is 1. The molecule has 4 heteroatoms. The molecule has 2 fully saturated rings. The van der Waals surface area contributed by atoms with Crippen LogP contribution in [0.5, 0.6) is 0 Å². The number of ether oxygens (including phenoxy) is 1. The Morgan fingerprint density at radius 3 is 2.26 bits per heavy atom. The predicted molar refractivity (Wildman–Crippen MR) is 126 cm³/mol. The summed E-state index contributed by atoms with van der Waals surface area (Å²) in [4.78, 5) is 25.2. The van der Waals surface area contributed by atoms with Crippen LogP contribution in [-0.2, 0) is 14.3 Å². The van der Waals surface area contributed by atoms with E-state index in [2.05, 4.69) is 41.5 Å². The number of carboxylic acids is 1. The van der Waals surface area contributed by atoms with Gasteiger partial charge >= 0.3 is 11.9 Å². The lowest BCUT2D eigenvalue weighted by atomic mass is 9.71. The molecule has 0 radical (unpaired) electrons. The molecule has 0 aliphatic heterocycles. The maximum absolute atomic E-state index is 13.3. The van der Waals surface area contributed by atoms with Gasteiger partial charge < -0.3 is 9.84 Å². The quantitative estimate of drug-likeness (QED) is 0.418. The molecule has 0 saturated heterocycles. The molecule has 31 heavy (non-hydrogen) atoms. The normalized spacial score (nSPS) is 34.0. The molecule has 2 aliphatic carbocycles. The van der Waals surface area contributed by atoms with Crippen molar-refractivity contribution >= 4 is 11.9 Å². The monoisotopic (exact) mass is 436 g/mol. The highest BCUT2D eigenvalue weighted by atomic mass is 16.5. The van der Waals surface area contributed by atoms with Gasteiger partial charge in [0.1, 0.15) is 6.10 Å². The SMILES string of the molecule is CC1CCC(C(CCC(C)CC(C)(C)C)OC(=O)C2CCCC(C)C2C(=O)O)C(C)C1. The van der Waals surface area contributed by atoms with Crippen molar-refractivity contribution in [3.8, 4) is 0 Å².